The van der Waals surface area contributed by atoms with E-state index in [1.807, 2.05) is 24.3 Å². The molecule has 0 aromatic carbocycles. The number of halogens is 2. The number of aliphatic hydroxyl groups excluding tert-OH is 1. The van der Waals surface area contributed by atoms with Crippen LogP contribution in [0.4, 0.5) is 0 Å². The number of hydrogen-bond acceptors (Lipinski definition) is 1. The van der Waals surface area contributed by atoms with Crippen molar-refractivity contribution in [2.24, 2.45) is 0 Å². The predicted molar refractivity (Wildman–Crippen MR) is 68.3 cm³/mol. The summed E-state index contributed by atoms with van der Waals surface area (Å²) < 4.78 is 0. The Morgan fingerprint density at radius 2 is 1.94 bits per heavy atom. The predicted octanol–water partition coefficient (Wildman–Crippen LogP) is 3.21. The van der Waals surface area contributed by atoms with Gasteiger partial charge >= 0.3 is 26.2 Å². The summed E-state index contributed by atoms with van der Waals surface area (Å²) in [6.07, 6.45) is 18.8. The average molecular weight is 338 g/mol. The molecule has 0 fully saturated rings. The van der Waals surface area contributed by atoms with E-state index in [0.717, 1.165) is 24.8 Å². The van der Waals surface area contributed by atoms with Crippen LogP contribution < -0.4 is 0 Å². The normalized spacial score (nSPS) is 13.9. The first kappa shape index (κ1) is 21.6. The summed E-state index contributed by atoms with van der Waals surface area (Å²) in [7, 11) is 0. The maximum absolute atomic E-state index is 8.43. The van der Waals surface area contributed by atoms with Gasteiger partial charge in [0.25, 0.3) is 0 Å². The molecule has 16 heavy (non-hydrogen) atoms. The number of allylic oxidation sites excluding steroid dienone is 7. The molecular formula is C12H16Cl2OZr. The zero-order chi connectivity index (χ0) is 9.36. The van der Waals surface area contributed by atoms with Crippen LogP contribution in [0.1, 0.15) is 19.3 Å². The van der Waals surface area contributed by atoms with Crippen molar-refractivity contribution in [3.05, 3.63) is 48.1 Å². The van der Waals surface area contributed by atoms with Gasteiger partial charge in [0.1, 0.15) is 0 Å². The molecule has 0 saturated heterocycles. The van der Waals surface area contributed by atoms with Crippen LogP contribution in [0.5, 0.6) is 0 Å². The van der Waals surface area contributed by atoms with E-state index in [0.29, 0.717) is 0 Å². The Balaban J connectivity index is -0.000000189. The van der Waals surface area contributed by atoms with Crippen LogP contribution in [0.3, 0.4) is 0 Å². The summed E-state index contributed by atoms with van der Waals surface area (Å²) in [5, 5.41) is 8.43. The minimum absolute atomic E-state index is 0. The average Bonchev–Trinajstić information content (AvgIpc) is 2.79. The molecule has 0 heterocycles. The molecular weight excluding hydrogens is 322 g/mol. The van der Waals surface area contributed by atoms with Gasteiger partial charge < -0.3 is 5.11 Å². The van der Waals surface area contributed by atoms with E-state index in [-0.39, 0.29) is 57.6 Å². The smallest absolute Gasteiger partial charge is 0.396 e. The second-order valence-corrected chi connectivity index (χ2v) is 2.79. The van der Waals surface area contributed by atoms with Crippen molar-refractivity contribution in [2.45, 2.75) is 19.3 Å². The van der Waals surface area contributed by atoms with Gasteiger partial charge in [-0.3, -0.25) is 12.2 Å². The Morgan fingerprint density at radius 1 is 1.19 bits per heavy atom. The minimum Gasteiger partial charge on any atom is -0.396 e. The summed E-state index contributed by atoms with van der Waals surface area (Å²) in [6.45, 7) is 0.243. The van der Waals surface area contributed by atoms with Crippen molar-refractivity contribution in [3.8, 4) is 0 Å². The third-order valence-corrected chi connectivity index (χ3v) is 1.73. The van der Waals surface area contributed by atoms with Gasteiger partial charge in [0.05, 0.1) is 0 Å². The molecule has 2 rings (SSSR count). The van der Waals surface area contributed by atoms with E-state index in [1.54, 1.807) is 0 Å². The third kappa shape index (κ3) is 10.9. The van der Waals surface area contributed by atoms with Gasteiger partial charge in [-0.1, -0.05) is 0 Å². The van der Waals surface area contributed by atoms with Gasteiger partial charge in [0.2, 0.25) is 0 Å². The molecule has 0 atom stereocenters. The third-order valence-electron chi connectivity index (χ3n) is 1.73. The van der Waals surface area contributed by atoms with Crippen LogP contribution in [-0.2, 0) is 26.2 Å². The number of aliphatic hydroxyl groups is 1. The van der Waals surface area contributed by atoms with Crippen LogP contribution in [-0.4, -0.2) is 11.7 Å². The zero-order valence-electron chi connectivity index (χ0n) is 8.98. The minimum atomic E-state index is 0. The summed E-state index contributed by atoms with van der Waals surface area (Å²) in [4.78, 5) is 0. The van der Waals surface area contributed by atoms with Crippen LogP contribution in [0, 0.1) is 12.2 Å². The molecule has 1 nitrogen and oxygen atoms in total. The molecule has 0 aliphatic heterocycles. The fraction of sp³-hybridized carbons (Fsp3) is 0.333. The van der Waals surface area contributed by atoms with Crippen LogP contribution in [0.2, 0.25) is 0 Å². The quantitative estimate of drug-likeness (QED) is 0.767. The number of hydrogen-bond donors (Lipinski definition) is 1. The summed E-state index contributed by atoms with van der Waals surface area (Å²) in [5.74, 6) is 0. The molecule has 0 aromatic heterocycles. The van der Waals surface area contributed by atoms with Gasteiger partial charge in [-0.25, -0.2) is 23.8 Å². The Morgan fingerprint density at radius 3 is 2.25 bits per heavy atom. The Kier molecular flexibility index (Phi) is 20.8. The van der Waals surface area contributed by atoms with Gasteiger partial charge in [-0.05, 0) is 6.42 Å². The van der Waals surface area contributed by atoms with Gasteiger partial charge in [-0.2, -0.15) is 12.2 Å². The monoisotopic (exact) mass is 336 g/mol. The Labute approximate surface area is 129 Å². The standard InChI is InChI=1S/C7H9O.C5H5.2ClH.Zr/c8-6-5-7-3-1-2-4-7;1-2-4-5-3-1;;;/h1,3,8H,2,5-6H2;1-3H,4H2;2*1H;/q2*-1;;;+2. The van der Waals surface area contributed by atoms with Crippen molar-refractivity contribution in [2.75, 3.05) is 6.61 Å². The van der Waals surface area contributed by atoms with E-state index < -0.39 is 0 Å². The van der Waals surface area contributed by atoms with E-state index in [1.165, 1.54) is 0 Å². The second-order valence-electron chi connectivity index (χ2n) is 2.79. The van der Waals surface area contributed by atoms with Crippen molar-refractivity contribution in [1.82, 2.24) is 0 Å². The van der Waals surface area contributed by atoms with Gasteiger partial charge in [-0.15, -0.1) is 37.7 Å². The van der Waals surface area contributed by atoms with E-state index in [4.69, 9.17) is 5.11 Å². The first-order valence-electron chi connectivity index (χ1n) is 4.52. The first-order valence-corrected chi connectivity index (χ1v) is 4.52. The molecule has 1 N–H and O–H groups in total. The molecule has 2 aliphatic carbocycles. The van der Waals surface area contributed by atoms with Crippen molar-refractivity contribution in [3.63, 3.8) is 0 Å². The Bertz CT molecular complexity index is 248. The molecule has 4 heteroatoms. The summed E-state index contributed by atoms with van der Waals surface area (Å²) in [6, 6.07) is 0. The van der Waals surface area contributed by atoms with E-state index >= 15 is 0 Å². The maximum Gasteiger partial charge on any atom is 2.00 e. The first-order chi connectivity index (χ1) is 6.43. The molecule has 0 amide bonds. The van der Waals surface area contributed by atoms with Gasteiger partial charge in [0.15, 0.2) is 0 Å². The van der Waals surface area contributed by atoms with Gasteiger partial charge in [0, 0.05) is 6.61 Å². The zero-order valence-corrected chi connectivity index (χ0v) is 13.1. The van der Waals surface area contributed by atoms with E-state index in [9.17, 15) is 0 Å². The molecule has 0 unspecified atom stereocenters. The molecule has 0 spiro atoms. The fourth-order valence-corrected chi connectivity index (χ4v) is 1.08. The van der Waals surface area contributed by atoms with Crippen molar-refractivity contribution in [1.29, 1.82) is 0 Å². The molecule has 0 radical (unpaired) electrons. The maximum atomic E-state index is 8.43. The summed E-state index contributed by atoms with van der Waals surface area (Å²) >= 11 is 0. The van der Waals surface area contributed by atoms with E-state index in [2.05, 4.69) is 18.2 Å². The number of rotatable bonds is 2. The fourth-order valence-electron chi connectivity index (χ4n) is 1.08. The Hall–Kier alpha value is 0.383. The SMILES string of the molecule is Cl.Cl.OCCC1=[C-]CC=C1.[C-]1=CC=CC1.[Zr+2]. The summed E-state index contributed by atoms with van der Waals surface area (Å²) in [5.41, 5.74) is 1.15. The largest absolute Gasteiger partial charge is 2.00 e. The molecule has 88 valence electrons. The van der Waals surface area contributed by atoms with Crippen molar-refractivity contribution >= 4 is 24.8 Å². The second kappa shape index (κ2) is 15.4. The molecule has 2 aliphatic rings. The van der Waals surface area contributed by atoms with Crippen LogP contribution in [0.25, 0.3) is 0 Å². The molecule has 0 bridgehead atoms. The molecule has 0 aromatic rings. The van der Waals surface area contributed by atoms with Crippen LogP contribution in [0.15, 0.2) is 36.0 Å². The molecule has 0 saturated carbocycles. The van der Waals surface area contributed by atoms with Crippen LogP contribution >= 0.6 is 24.8 Å². The topological polar surface area (TPSA) is 20.2 Å². The van der Waals surface area contributed by atoms with Crippen molar-refractivity contribution < 1.29 is 31.3 Å².